The molecule has 0 aliphatic carbocycles. The van der Waals surface area contributed by atoms with Crippen LogP contribution >= 0.6 is 0 Å². The van der Waals surface area contributed by atoms with Gasteiger partial charge in [-0.25, -0.2) is 4.39 Å². The fraction of sp³-hybridized carbons (Fsp3) is 0.600. The number of rotatable bonds is 7. The van der Waals surface area contributed by atoms with Crippen molar-refractivity contribution in [2.24, 2.45) is 5.92 Å². The predicted molar refractivity (Wildman–Crippen MR) is 96.5 cm³/mol. The first-order chi connectivity index (χ1) is 12.0. The smallest absolute Gasteiger partial charge is 0.225 e. The van der Waals surface area contributed by atoms with Crippen molar-refractivity contribution in [3.05, 3.63) is 35.6 Å². The number of amides is 2. The number of likely N-dealkylation sites (tertiary alicyclic amines) is 1. The molecule has 1 aliphatic rings. The quantitative estimate of drug-likeness (QED) is 0.822. The lowest BCUT2D eigenvalue weighted by Crippen LogP contribution is -2.48. The Morgan fingerprint density at radius 2 is 1.84 bits per heavy atom. The van der Waals surface area contributed by atoms with Crippen molar-refractivity contribution in [1.29, 1.82) is 0 Å². The molecule has 1 aromatic rings. The zero-order chi connectivity index (χ0) is 18.2. The summed E-state index contributed by atoms with van der Waals surface area (Å²) in [5.41, 5.74) is 0.572. The molecule has 0 aromatic heterocycles. The SMILES string of the molecule is CCC(CC)C(=O)N1CCC(NC(=O)CCc2ccccc2F)CC1. The molecule has 138 valence electrons. The maximum atomic E-state index is 13.6. The molecule has 1 saturated heterocycles. The number of piperidine rings is 1. The molecule has 25 heavy (non-hydrogen) atoms. The number of carbonyl (C=O) groups is 2. The van der Waals surface area contributed by atoms with Gasteiger partial charge in [0.05, 0.1) is 0 Å². The molecular formula is C20H29FN2O2. The summed E-state index contributed by atoms with van der Waals surface area (Å²) in [7, 11) is 0. The van der Waals surface area contributed by atoms with E-state index in [0.29, 0.717) is 25.1 Å². The Hall–Kier alpha value is -1.91. The second kappa shape index (κ2) is 9.54. The summed E-state index contributed by atoms with van der Waals surface area (Å²) >= 11 is 0. The molecule has 4 nitrogen and oxygen atoms in total. The minimum atomic E-state index is -0.261. The molecule has 1 heterocycles. The molecule has 0 unspecified atom stereocenters. The number of benzene rings is 1. The normalized spacial score (nSPS) is 15.4. The highest BCUT2D eigenvalue weighted by molar-refractivity contribution is 5.79. The van der Waals surface area contributed by atoms with E-state index in [-0.39, 0.29) is 36.0 Å². The van der Waals surface area contributed by atoms with E-state index < -0.39 is 0 Å². The molecule has 1 fully saturated rings. The van der Waals surface area contributed by atoms with Crippen LogP contribution in [0, 0.1) is 11.7 Å². The van der Waals surface area contributed by atoms with Crippen molar-refractivity contribution < 1.29 is 14.0 Å². The molecule has 1 aliphatic heterocycles. The number of halogens is 1. The van der Waals surface area contributed by atoms with Gasteiger partial charge in [-0.3, -0.25) is 9.59 Å². The van der Waals surface area contributed by atoms with E-state index in [1.807, 2.05) is 4.90 Å². The number of hydrogen-bond acceptors (Lipinski definition) is 2. The molecule has 5 heteroatoms. The van der Waals surface area contributed by atoms with Gasteiger partial charge in [0, 0.05) is 31.5 Å². The van der Waals surface area contributed by atoms with E-state index in [4.69, 9.17) is 0 Å². The predicted octanol–water partition coefficient (Wildman–Crippen LogP) is 3.30. The van der Waals surface area contributed by atoms with Crippen LogP contribution in [0.1, 0.15) is 51.5 Å². The Morgan fingerprint density at radius 1 is 1.20 bits per heavy atom. The zero-order valence-electron chi connectivity index (χ0n) is 15.3. The first-order valence-electron chi connectivity index (χ1n) is 9.36. The topological polar surface area (TPSA) is 49.4 Å². The van der Waals surface area contributed by atoms with Gasteiger partial charge in [0.15, 0.2) is 0 Å². The first-order valence-corrected chi connectivity index (χ1v) is 9.36. The van der Waals surface area contributed by atoms with Gasteiger partial charge < -0.3 is 10.2 Å². The number of nitrogens with zero attached hydrogens (tertiary/aromatic N) is 1. The Labute approximate surface area is 149 Å². The standard InChI is InChI=1S/C20H29FN2O2/c1-3-15(4-2)20(25)23-13-11-17(12-14-23)22-19(24)10-9-16-7-5-6-8-18(16)21/h5-8,15,17H,3-4,9-14H2,1-2H3,(H,22,24). The Kier molecular flexibility index (Phi) is 7.41. The van der Waals surface area contributed by atoms with Gasteiger partial charge in [0.25, 0.3) is 0 Å². The molecule has 0 spiro atoms. The fourth-order valence-electron chi connectivity index (χ4n) is 3.39. The van der Waals surface area contributed by atoms with Crippen LogP contribution in [-0.4, -0.2) is 35.8 Å². The number of carbonyl (C=O) groups excluding carboxylic acids is 2. The van der Waals surface area contributed by atoms with Crippen molar-refractivity contribution in [3.63, 3.8) is 0 Å². The van der Waals surface area contributed by atoms with Crippen LogP contribution in [0.15, 0.2) is 24.3 Å². The highest BCUT2D eigenvalue weighted by atomic mass is 19.1. The third kappa shape index (κ3) is 5.55. The number of aryl methyl sites for hydroxylation is 1. The second-order valence-electron chi connectivity index (χ2n) is 6.77. The molecule has 0 radical (unpaired) electrons. The minimum Gasteiger partial charge on any atom is -0.353 e. The maximum absolute atomic E-state index is 13.6. The largest absolute Gasteiger partial charge is 0.353 e. The molecule has 1 N–H and O–H groups in total. The van der Waals surface area contributed by atoms with Crippen LogP contribution in [0.3, 0.4) is 0 Å². The zero-order valence-corrected chi connectivity index (χ0v) is 15.3. The van der Waals surface area contributed by atoms with Gasteiger partial charge in [-0.1, -0.05) is 32.0 Å². The van der Waals surface area contributed by atoms with Gasteiger partial charge in [0.2, 0.25) is 11.8 Å². The van der Waals surface area contributed by atoms with Gasteiger partial charge in [-0.2, -0.15) is 0 Å². The van der Waals surface area contributed by atoms with E-state index >= 15 is 0 Å². The highest BCUT2D eigenvalue weighted by Crippen LogP contribution is 2.17. The molecule has 0 atom stereocenters. The van der Waals surface area contributed by atoms with Crippen molar-refractivity contribution >= 4 is 11.8 Å². The van der Waals surface area contributed by atoms with Crippen LogP contribution < -0.4 is 5.32 Å². The van der Waals surface area contributed by atoms with Crippen LogP contribution in [-0.2, 0) is 16.0 Å². The summed E-state index contributed by atoms with van der Waals surface area (Å²) in [6, 6.07) is 6.67. The monoisotopic (exact) mass is 348 g/mol. The van der Waals surface area contributed by atoms with Crippen molar-refractivity contribution in [2.45, 2.75) is 58.4 Å². The second-order valence-corrected chi connectivity index (χ2v) is 6.77. The van der Waals surface area contributed by atoms with Crippen LogP contribution in [0.25, 0.3) is 0 Å². The molecule has 1 aromatic carbocycles. The lowest BCUT2D eigenvalue weighted by atomic mass is 9.98. The van der Waals surface area contributed by atoms with Crippen molar-refractivity contribution in [1.82, 2.24) is 10.2 Å². The van der Waals surface area contributed by atoms with Crippen LogP contribution in [0.2, 0.25) is 0 Å². The third-order valence-electron chi connectivity index (χ3n) is 5.09. The lowest BCUT2D eigenvalue weighted by molar-refractivity contribution is -0.137. The van der Waals surface area contributed by atoms with Crippen molar-refractivity contribution in [3.8, 4) is 0 Å². The van der Waals surface area contributed by atoms with E-state index in [1.165, 1.54) is 6.07 Å². The summed E-state index contributed by atoms with van der Waals surface area (Å²) in [5, 5.41) is 3.03. The van der Waals surface area contributed by atoms with Gasteiger partial charge in [-0.15, -0.1) is 0 Å². The molecule has 2 amide bonds. The average Bonchev–Trinajstić information content (AvgIpc) is 2.62. The molecule has 2 rings (SSSR count). The summed E-state index contributed by atoms with van der Waals surface area (Å²) in [6.45, 7) is 5.50. The highest BCUT2D eigenvalue weighted by Gasteiger charge is 2.27. The first kappa shape index (κ1) is 19.4. The Balaban J connectivity index is 1.73. The molecule has 0 bridgehead atoms. The summed E-state index contributed by atoms with van der Waals surface area (Å²) in [4.78, 5) is 26.4. The third-order valence-corrected chi connectivity index (χ3v) is 5.09. The van der Waals surface area contributed by atoms with Crippen LogP contribution in [0.4, 0.5) is 4.39 Å². The number of hydrogen-bond donors (Lipinski definition) is 1. The van der Waals surface area contributed by atoms with E-state index in [9.17, 15) is 14.0 Å². The van der Waals surface area contributed by atoms with Crippen LogP contribution in [0.5, 0.6) is 0 Å². The Bertz CT molecular complexity index is 579. The van der Waals surface area contributed by atoms with E-state index in [2.05, 4.69) is 19.2 Å². The fourth-order valence-corrected chi connectivity index (χ4v) is 3.39. The lowest BCUT2D eigenvalue weighted by Gasteiger charge is -2.34. The number of nitrogens with one attached hydrogen (secondary N) is 1. The average molecular weight is 348 g/mol. The summed E-state index contributed by atoms with van der Waals surface area (Å²) in [5.74, 6) is 0.0535. The summed E-state index contributed by atoms with van der Waals surface area (Å²) in [6.07, 6.45) is 4.02. The Morgan fingerprint density at radius 3 is 2.44 bits per heavy atom. The van der Waals surface area contributed by atoms with Crippen molar-refractivity contribution in [2.75, 3.05) is 13.1 Å². The van der Waals surface area contributed by atoms with Gasteiger partial charge in [-0.05, 0) is 43.7 Å². The van der Waals surface area contributed by atoms with Gasteiger partial charge >= 0.3 is 0 Å². The minimum absolute atomic E-state index is 0.0481. The van der Waals surface area contributed by atoms with E-state index in [0.717, 1.165) is 25.7 Å². The molecular weight excluding hydrogens is 319 g/mol. The summed E-state index contributed by atoms with van der Waals surface area (Å²) < 4.78 is 13.6. The van der Waals surface area contributed by atoms with Gasteiger partial charge in [0.1, 0.15) is 5.82 Å². The maximum Gasteiger partial charge on any atom is 0.225 e. The van der Waals surface area contributed by atoms with E-state index in [1.54, 1.807) is 18.2 Å². The molecule has 0 saturated carbocycles.